The lowest BCUT2D eigenvalue weighted by molar-refractivity contribution is 0.472. The molecule has 0 aliphatic carbocycles. The topological polar surface area (TPSA) is 157 Å². The monoisotopic (exact) mass is 599 g/mol. The van der Waals surface area contributed by atoms with E-state index in [1.54, 1.807) is 48.1 Å². The molecule has 0 fully saturated rings. The Morgan fingerprint density at radius 2 is 1.44 bits per heavy atom. The number of rotatable bonds is 6. The van der Waals surface area contributed by atoms with E-state index in [1.807, 2.05) is 7.05 Å². The standard InChI is InChI=1S/C21H16N2O7S2.C4H10BN.C3H8/c1-12-5-4-8-15-16(12)11-18(31(25,26)27)19(20(15)24)23-22-17-10-9-13-6-2-3-7-14(13)21(17)32(28,29)30;1-3-4-6(2)5;1-3-2/h2-11,24H,1H3,(H,25,26,27)(H,28,29,30);3-4H2,1-2H3;3H2,1-2H3. The van der Waals surface area contributed by atoms with E-state index in [9.17, 15) is 31.0 Å². The summed E-state index contributed by atoms with van der Waals surface area (Å²) in [6, 6.07) is 15.2. The molecule has 0 saturated heterocycles. The predicted molar refractivity (Wildman–Crippen MR) is 163 cm³/mol. The average Bonchev–Trinajstić information content (AvgIpc) is 2.87. The molecule has 0 aliphatic rings. The molecule has 2 radical (unpaired) electrons. The van der Waals surface area contributed by atoms with Crippen molar-refractivity contribution < 1.29 is 31.0 Å². The third-order valence-electron chi connectivity index (χ3n) is 5.54. The first-order chi connectivity index (χ1) is 19.2. The first-order valence-electron chi connectivity index (χ1n) is 12.8. The molecule has 41 heavy (non-hydrogen) atoms. The molecule has 218 valence electrons. The highest BCUT2D eigenvalue weighted by molar-refractivity contribution is 7.86. The van der Waals surface area contributed by atoms with Gasteiger partial charge in [-0.05, 0) is 55.4 Å². The molecule has 0 saturated carbocycles. The third-order valence-corrected chi connectivity index (χ3v) is 7.35. The van der Waals surface area contributed by atoms with Gasteiger partial charge in [-0.2, -0.15) is 16.8 Å². The zero-order chi connectivity index (χ0) is 31.0. The number of nitrogens with zero attached hydrogens (tertiary/aromatic N) is 3. The van der Waals surface area contributed by atoms with Gasteiger partial charge >= 0.3 is 0 Å². The minimum atomic E-state index is -4.82. The van der Waals surface area contributed by atoms with E-state index in [1.165, 1.54) is 24.6 Å². The second-order valence-electron chi connectivity index (χ2n) is 9.21. The van der Waals surface area contributed by atoms with Gasteiger partial charge < -0.3 is 9.92 Å². The summed E-state index contributed by atoms with van der Waals surface area (Å²) < 4.78 is 67.5. The molecule has 0 atom stereocenters. The van der Waals surface area contributed by atoms with Crippen molar-refractivity contribution in [3.8, 4) is 5.75 Å². The maximum absolute atomic E-state index is 12.1. The highest BCUT2D eigenvalue weighted by Gasteiger charge is 2.24. The molecule has 4 aromatic rings. The zero-order valence-electron chi connectivity index (χ0n) is 23.6. The number of hydrogen-bond acceptors (Lipinski definition) is 8. The number of phenolic OH excluding ortho intramolecular Hbond substituents is 1. The molecule has 0 amide bonds. The van der Waals surface area contributed by atoms with Gasteiger partial charge in [0.2, 0.25) is 0 Å². The molecule has 0 unspecified atom stereocenters. The van der Waals surface area contributed by atoms with Crippen molar-refractivity contribution in [2.45, 2.75) is 50.3 Å². The number of aryl methyl sites for hydroxylation is 1. The minimum Gasteiger partial charge on any atom is -0.505 e. The Kier molecular flexibility index (Phi) is 12.0. The van der Waals surface area contributed by atoms with Crippen LogP contribution in [0.5, 0.6) is 5.75 Å². The maximum Gasteiger partial charge on any atom is 0.297 e. The molecule has 4 aromatic carbocycles. The average molecular weight is 600 g/mol. The van der Waals surface area contributed by atoms with Crippen molar-refractivity contribution in [2.75, 3.05) is 13.6 Å². The fourth-order valence-corrected chi connectivity index (χ4v) is 5.34. The summed E-state index contributed by atoms with van der Waals surface area (Å²) in [5.41, 5.74) is -0.203. The molecular formula is C28H34BN3O7S2. The minimum absolute atomic E-state index is 0.180. The molecule has 13 heteroatoms. The van der Waals surface area contributed by atoms with Gasteiger partial charge in [-0.3, -0.25) is 9.11 Å². The summed E-state index contributed by atoms with van der Waals surface area (Å²) in [6.07, 6.45) is 2.38. The van der Waals surface area contributed by atoms with Crippen molar-refractivity contribution >= 4 is 61.1 Å². The highest BCUT2D eigenvalue weighted by atomic mass is 32.2. The molecule has 0 aliphatic heterocycles. The van der Waals surface area contributed by atoms with Crippen LogP contribution in [0.25, 0.3) is 21.5 Å². The summed E-state index contributed by atoms with van der Waals surface area (Å²) in [5, 5.41) is 19.6. The first kappa shape index (κ1) is 33.8. The van der Waals surface area contributed by atoms with Gasteiger partial charge in [0.05, 0.1) is 0 Å². The number of phenols is 1. The van der Waals surface area contributed by atoms with E-state index in [2.05, 4.69) is 31.0 Å². The maximum atomic E-state index is 12.1. The quantitative estimate of drug-likeness (QED) is 0.125. The van der Waals surface area contributed by atoms with Gasteiger partial charge in [0.25, 0.3) is 20.2 Å². The van der Waals surface area contributed by atoms with E-state index >= 15 is 0 Å². The highest BCUT2D eigenvalue weighted by Crippen LogP contribution is 2.43. The molecule has 0 bridgehead atoms. The van der Waals surface area contributed by atoms with E-state index in [-0.39, 0.29) is 16.5 Å². The van der Waals surface area contributed by atoms with Crippen molar-refractivity contribution in [2.24, 2.45) is 10.2 Å². The van der Waals surface area contributed by atoms with E-state index < -0.39 is 41.5 Å². The van der Waals surface area contributed by atoms with Gasteiger partial charge in [-0.15, -0.1) is 10.2 Å². The molecule has 10 nitrogen and oxygen atoms in total. The Labute approximate surface area is 242 Å². The first-order valence-corrected chi connectivity index (χ1v) is 15.6. The van der Waals surface area contributed by atoms with Gasteiger partial charge in [-0.1, -0.05) is 75.7 Å². The predicted octanol–water partition coefficient (Wildman–Crippen LogP) is 6.74. The van der Waals surface area contributed by atoms with Crippen LogP contribution in [0.2, 0.25) is 0 Å². The fraction of sp³-hybridized carbons (Fsp3) is 0.286. The number of fused-ring (bicyclic) bond motifs is 2. The normalized spacial score (nSPS) is 11.8. The lowest BCUT2D eigenvalue weighted by atomic mass is 10.0. The smallest absolute Gasteiger partial charge is 0.297 e. The van der Waals surface area contributed by atoms with E-state index in [4.69, 9.17) is 7.98 Å². The Bertz CT molecular complexity index is 1760. The summed E-state index contributed by atoms with van der Waals surface area (Å²) in [7, 11) is -2.46. The Balaban J connectivity index is 0.000000572. The molecular weight excluding hydrogens is 565 g/mol. The SMILES string of the molecule is CCC.Cc1cccc2c(O)c(N=Nc3ccc4ccccc4c3S(=O)(=O)O)c(S(=O)(=O)O)cc12.[B]N(C)CCC. The molecule has 4 rings (SSSR count). The molecule has 0 heterocycles. The summed E-state index contributed by atoms with van der Waals surface area (Å²) in [6.45, 7) is 9.04. The summed E-state index contributed by atoms with van der Waals surface area (Å²) in [5.74, 6) is -0.559. The second kappa shape index (κ2) is 14.5. The van der Waals surface area contributed by atoms with Gasteiger partial charge in [-0.25, -0.2) is 0 Å². The van der Waals surface area contributed by atoms with Crippen molar-refractivity contribution in [3.05, 3.63) is 66.2 Å². The van der Waals surface area contributed by atoms with Crippen LogP contribution >= 0.6 is 0 Å². The van der Waals surface area contributed by atoms with Gasteiger partial charge in [0.15, 0.2) is 13.7 Å². The molecule has 0 spiro atoms. The molecule has 3 N–H and O–H groups in total. The third kappa shape index (κ3) is 8.81. The number of hydrogen-bond donors (Lipinski definition) is 3. The Morgan fingerprint density at radius 3 is 1.98 bits per heavy atom. The van der Waals surface area contributed by atoms with Crippen LogP contribution in [0.1, 0.15) is 39.2 Å². The van der Waals surface area contributed by atoms with Gasteiger partial charge in [0, 0.05) is 10.8 Å². The summed E-state index contributed by atoms with van der Waals surface area (Å²) >= 11 is 0. The van der Waals surface area contributed by atoms with Crippen LogP contribution in [-0.2, 0) is 20.2 Å². The van der Waals surface area contributed by atoms with Crippen LogP contribution in [0.3, 0.4) is 0 Å². The van der Waals surface area contributed by atoms with Crippen LogP contribution in [0.4, 0.5) is 11.4 Å². The number of azo groups is 1. The largest absolute Gasteiger partial charge is 0.505 e. The lowest BCUT2D eigenvalue weighted by Gasteiger charge is -2.11. The summed E-state index contributed by atoms with van der Waals surface area (Å²) in [4.78, 5) is 0.457. The second-order valence-corrected chi connectivity index (χ2v) is 12.0. The van der Waals surface area contributed by atoms with E-state index in [0.29, 0.717) is 16.3 Å². The van der Waals surface area contributed by atoms with Crippen molar-refractivity contribution in [1.29, 1.82) is 0 Å². The van der Waals surface area contributed by atoms with Crippen molar-refractivity contribution in [3.63, 3.8) is 0 Å². The number of benzene rings is 4. The van der Waals surface area contributed by atoms with Crippen molar-refractivity contribution in [1.82, 2.24) is 4.81 Å². The van der Waals surface area contributed by atoms with Crippen LogP contribution in [0.15, 0.2) is 80.7 Å². The van der Waals surface area contributed by atoms with Crippen LogP contribution in [0, 0.1) is 6.92 Å². The Morgan fingerprint density at radius 1 is 0.829 bits per heavy atom. The van der Waals surface area contributed by atoms with Crippen LogP contribution < -0.4 is 0 Å². The lowest BCUT2D eigenvalue weighted by Crippen LogP contribution is -2.13. The van der Waals surface area contributed by atoms with E-state index in [0.717, 1.165) is 19.0 Å². The fourth-order valence-electron chi connectivity index (χ4n) is 3.85. The molecule has 0 aromatic heterocycles. The Hall–Kier alpha value is -3.36. The van der Waals surface area contributed by atoms with Gasteiger partial charge in [0.1, 0.15) is 21.2 Å². The number of aromatic hydroxyl groups is 1. The van der Waals surface area contributed by atoms with Crippen LogP contribution in [-0.4, -0.2) is 57.4 Å². The zero-order valence-corrected chi connectivity index (χ0v) is 25.2.